The van der Waals surface area contributed by atoms with Crippen LogP contribution in [0.25, 0.3) is 0 Å². The predicted octanol–water partition coefficient (Wildman–Crippen LogP) is 1.86. The van der Waals surface area contributed by atoms with Gasteiger partial charge in [-0.1, -0.05) is 0 Å². The second-order valence-electron chi connectivity index (χ2n) is 5.40. The molecular weight excluding hydrogens is 320 g/mol. The minimum Gasteiger partial charge on any atom is -0.265 e. The van der Waals surface area contributed by atoms with E-state index in [0.29, 0.717) is 30.6 Å². The molecular formula is C14H16N4O4S. The van der Waals surface area contributed by atoms with Gasteiger partial charge in [0.15, 0.2) is 5.03 Å². The Bertz CT molecular complexity index is 859. The van der Waals surface area contributed by atoms with E-state index in [1.807, 2.05) is 0 Å². The van der Waals surface area contributed by atoms with Gasteiger partial charge in [-0.25, -0.2) is 0 Å². The molecule has 0 N–H and O–H groups in total. The van der Waals surface area contributed by atoms with Crippen molar-refractivity contribution in [3.63, 3.8) is 0 Å². The topological polar surface area (TPSA) is 98.3 Å². The van der Waals surface area contributed by atoms with Gasteiger partial charge in [-0.15, -0.1) is 0 Å². The van der Waals surface area contributed by atoms with Crippen molar-refractivity contribution in [2.75, 3.05) is 10.8 Å². The lowest BCUT2D eigenvalue weighted by atomic mass is 10.1. The van der Waals surface area contributed by atoms with Gasteiger partial charge >= 0.3 is 0 Å². The number of hydrogen-bond acceptors (Lipinski definition) is 5. The zero-order valence-electron chi connectivity index (χ0n) is 12.5. The third-order valence-corrected chi connectivity index (χ3v) is 5.82. The van der Waals surface area contributed by atoms with Gasteiger partial charge in [-0.3, -0.25) is 19.1 Å². The molecule has 0 fully saturated rings. The van der Waals surface area contributed by atoms with Gasteiger partial charge in [0, 0.05) is 25.7 Å². The number of hydrogen-bond donors (Lipinski definition) is 0. The molecule has 9 heteroatoms. The summed E-state index contributed by atoms with van der Waals surface area (Å²) in [4.78, 5) is 10.5. The molecule has 0 saturated carbocycles. The minimum atomic E-state index is -3.76. The number of nitrogens with zero attached hydrogens (tertiary/aromatic N) is 4. The van der Waals surface area contributed by atoms with Crippen LogP contribution in [0.3, 0.4) is 0 Å². The van der Waals surface area contributed by atoms with Gasteiger partial charge in [0.2, 0.25) is 0 Å². The number of aryl methyl sites for hydroxylation is 2. The lowest BCUT2D eigenvalue weighted by molar-refractivity contribution is -0.384. The number of non-ortho nitro benzene ring substituents is 1. The molecule has 0 saturated heterocycles. The molecule has 1 aromatic heterocycles. The Labute approximate surface area is 133 Å². The molecule has 2 aromatic rings. The first-order valence-electron chi connectivity index (χ1n) is 7.19. The molecule has 0 atom stereocenters. The molecule has 0 amide bonds. The molecule has 122 valence electrons. The van der Waals surface area contributed by atoms with Crippen LogP contribution in [-0.4, -0.2) is 29.7 Å². The first-order valence-corrected chi connectivity index (χ1v) is 8.63. The summed E-state index contributed by atoms with van der Waals surface area (Å²) in [5.74, 6) is 0. The quantitative estimate of drug-likeness (QED) is 0.629. The van der Waals surface area contributed by atoms with Crippen molar-refractivity contribution in [2.24, 2.45) is 7.05 Å². The number of nitro benzene ring substituents is 1. The van der Waals surface area contributed by atoms with E-state index in [2.05, 4.69) is 5.10 Å². The molecule has 2 heterocycles. The van der Waals surface area contributed by atoms with E-state index in [1.54, 1.807) is 7.05 Å². The number of nitro groups is 1. The maximum atomic E-state index is 12.9. The number of fused-ring (bicyclic) bond motifs is 1. The van der Waals surface area contributed by atoms with E-state index in [4.69, 9.17) is 0 Å². The lowest BCUT2D eigenvalue weighted by Gasteiger charge is -2.24. The Morgan fingerprint density at radius 2 is 2.04 bits per heavy atom. The fourth-order valence-electron chi connectivity index (χ4n) is 2.80. The molecule has 1 aliphatic heterocycles. The number of rotatable bonds is 3. The van der Waals surface area contributed by atoms with Crippen LogP contribution in [0.5, 0.6) is 0 Å². The van der Waals surface area contributed by atoms with Gasteiger partial charge in [0.1, 0.15) is 0 Å². The van der Waals surface area contributed by atoms with Crippen LogP contribution < -0.4 is 4.31 Å². The summed E-state index contributed by atoms with van der Waals surface area (Å²) in [7, 11) is -2.18. The Morgan fingerprint density at radius 1 is 1.26 bits per heavy atom. The molecule has 0 unspecified atom stereocenters. The number of sulfonamides is 1. The molecule has 0 spiro atoms. The molecule has 0 radical (unpaired) electrons. The monoisotopic (exact) mass is 336 g/mol. The van der Waals surface area contributed by atoms with Gasteiger partial charge in [-0.05, 0) is 37.0 Å². The van der Waals surface area contributed by atoms with Crippen LogP contribution in [0, 0.1) is 10.1 Å². The van der Waals surface area contributed by atoms with E-state index in [-0.39, 0.29) is 10.7 Å². The summed E-state index contributed by atoms with van der Waals surface area (Å²) in [5.41, 5.74) is 1.17. The number of benzene rings is 1. The molecule has 1 aromatic carbocycles. The Kier molecular flexibility index (Phi) is 3.80. The normalized spacial score (nSPS) is 15.1. The summed E-state index contributed by atoms with van der Waals surface area (Å²) in [5, 5.41) is 15.0. The van der Waals surface area contributed by atoms with Crippen molar-refractivity contribution in [1.82, 2.24) is 9.78 Å². The second-order valence-corrected chi connectivity index (χ2v) is 7.21. The minimum absolute atomic E-state index is 0.0245. The largest absolute Gasteiger partial charge is 0.281 e. The zero-order valence-corrected chi connectivity index (χ0v) is 13.4. The fraction of sp³-hybridized carbons (Fsp3) is 0.357. The van der Waals surface area contributed by atoms with Crippen LogP contribution >= 0.6 is 0 Å². The average Bonchev–Trinajstić information content (AvgIpc) is 2.82. The smallest absolute Gasteiger partial charge is 0.265 e. The van der Waals surface area contributed by atoms with Crippen LogP contribution in [0.2, 0.25) is 0 Å². The highest BCUT2D eigenvalue weighted by Gasteiger charge is 2.30. The summed E-state index contributed by atoms with van der Waals surface area (Å²) >= 11 is 0. The van der Waals surface area contributed by atoms with Crippen molar-refractivity contribution in [1.29, 1.82) is 0 Å². The second kappa shape index (κ2) is 5.65. The summed E-state index contributed by atoms with van der Waals surface area (Å²) in [6.45, 7) is 0.346. The molecule has 8 nitrogen and oxygen atoms in total. The van der Waals surface area contributed by atoms with Crippen molar-refractivity contribution in [3.8, 4) is 0 Å². The average molecular weight is 336 g/mol. The highest BCUT2D eigenvalue weighted by atomic mass is 32.2. The predicted molar refractivity (Wildman–Crippen MR) is 83.8 cm³/mol. The zero-order chi connectivity index (χ0) is 16.6. The van der Waals surface area contributed by atoms with E-state index >= 15 is 0 Å². The fourth-order valence-corrected chi connectivity index (χ4v) is 4.44. The Morgan fingerprint density at radius 3 is 2.70 bits per heavy atom. The SMILES string of the molecule is Cn1nccc1S(=O)(=O)N1CCCCc2cc([N+](=O)[O-])ccc21. The summed E-state index contributed by atoms with van der Waals surface area (Å²) in [6, 6.07) is 5.78. The van der Waals surface area contributed by atoms with E-state index in [1.165, 1.54) is 39.4 Å². The highest BCUT2D eigenvalue weighted by molar-refractivity contribution is 7.92. The van der Waals surface area contributed by atoms with Crippen molar-refractivity contribution in [2.45, 2.75) is 24.3 Å². The van der Waals surface area contributed by atoms with E-state index < -0.39 is 14.9 Å². The van der Waals surface area contributed by atoms with Crippen LogP contribution in [-0.2, 0) is 23.5 Å². The number of anilines is 1. The molecule has 1 aliphatic rings. The van der Waals surface area contributed by atoms with Crippen LogP contribution in [0.15, 0.2) is 35.5 Å². The highest BCUT2D eigenvalue weighted by Crippen LogP contribution is 2.33. The first-order chi connectivity index (χ1) is 10.9. The molecule has 0 bridgehead atoms. The van der Waals surface area contributed by atoms with E-state index in [0.717, 1.165) is 6.42 Å². The standard InChI is InChI=1S/C14H16N4O4S/c1-16-14(7-8-15-16)23(21,22)17-9-3-2-4-11-10-12(18(19)20)5-6-13(11)17/h5-8,10H,2-4,9H2,1H3. The molecule has 23 heavy (non-hydrogen) atoms. The van der Waals surface area contributed by atoms with Crippen LogP contribution in [0.1, 0.15) is 18.4 Å². The Balaban J connectivity index is 2.12. The van der Waals surface area contributed by atoms with E-state index in [9.17, 15) is 18.5 Å². The third-order valence-electron chi connectivity index (χ3n) is 3.93. The maximum absolute atomic E-state index is 12.9. The van der Waals surface area contributed by atoms with Gasteiger partial charge in [0.05, 0.1) is 16.8 Å². The summed E-state index contributed by atoms with van der Waals surface area (Å²) < 4.78 is 28.5. The van der Waals surface area contributed by atoms with Crippen LogP contribution in [0.4, 0.5) is 11.4 Å². The Hall–Kier alpha value is -2.42. The third kappa shape index (κ3) is 2.67. The molecule has 3 rings (SSSR count). The number of aromatic nitrogens is 2. The molecule has 0 aliphatic carbocycles. The van der Waals surface area contributed by atoms with Gasteiger partial charge < -0.3 is 0 Å². The lowest BCUT2D eigenvalue weighted by Crippen LogP contribution is -2.33. The maximum Gasteiger partial charge on any atom is 0.281 e. The van der Waals surface area contributed by atoms with Crippen molar-refractivity contribution in [3.05, 3.63) is 46.1 Å². The van der Waals surface area contributed by atoms with Gasteiger partial charge in [-0.2, -0.15) is 13.5 Å². The first kappa shape index (κ1) is 15.5. The van der Waals surface area contributed by atoms with Crippen molar-refractivity contribution < 1.29 is 13.3 Å². The van der Waals surface area contributed by atoms with Gasteiger partial charge in [0.25, 0.3) is 15.7 Å². The van der Waals surface area contributed by atoms with Crippen molar-refractivity contribution >= 4 is 21.4 Å². The summed E-state index contributed by atoms with van der Waals surface area (Å²) in [6.07, 6.45) is 3.53.